The van der Waals surface area contributed by atoms with Gasteiger partial charge < -0.3 is 0 Å². The SMILES string of the molecule is CCCn1nccc1CCCCl. The van der Waals surface area contributed by atoms with Crippen molar-refractivity contribution in [2.45, 2.75) is 32.7 Å². The number of hydrogen-bond donors (Lipinski definition) is 0. The first-order valence-corrected chi connectivity index (χ1v) is 4.98. The summed E-state index contributed by atoms with van der Waals surface area (Å²) in [5.74, 6) is 0.733. The minimum absolute atomic E-state index is 0.733. The lowest BCUT2D eigenvalue weighted by atomic mass is 10.2. The Morgan fingerprint density at radius 2 is 2.42 bits per heavy atom. The molecule has 0 aromatic carbocycles. The van der Waals surface area contributed by atoms with Crippen molar-refractivity contribution < 1.29 is 0 Å². The van der Waals surface area contributed by atoms with E-state index in [1.807, 2.05) is 6.20 Å². The average molecular weight is 187 g/mol. The third-order valence-electron chi connectivity index (χ3n) is 1.81. The van der Waals surface area contributed by atoms with Gasteiger partial charge in [0.05, 0.1) is 0 Å². The van der Waals surface area contributed by atoms with Gasteiger partial charge in [-0.05, 0) is 25.3 Å². The van der Waals surface area contributed by atoms with Gasteiger partial charge in [-0.1, -0.05) is 6.92 Å². The third kappa shape index (κ3) is 2.52. The van der Waals surface area contributed by atoms with Gasteiger partial charge in [-0.15, -0.1) is 11.6 Å². The van der Waals surface area contributed by atoms with Gasteiger partial charge in [0.1, 0.15) is 0 Å². The number of aromatic nitrogens is 2. The molecule has 0 amide bonds. The maximum Gasteiger partial charge on any atom is 0.0492 e. The van der Waals surface area contributed by atoms with Crippen molar-refractivity contribution in [1.82, 2.24) is 9.78 Å². The van der Waals surface area contributed by atoms with Crippen LogP contribution < -0.4 is 0 Å². The second-order valence-corrected chi connectivity index (χ2v) is 3.22. The molecule has 0 fully saturated rings. The van der Waals surface area contributed by atoms with E-state index in [-0.39, 0.29) is 0 Å². The van der Waals surface area contributed by atoms with Gasteiger partial charge in [0.2, 0.25) is 0 Å². The van der Waals surface area contributed by atoms with Crippen LogP contribution >= 0.6 is 11.6 Å². The van der Waals surface area contributed by atoms with Crippen LogP contribution in [0.5, 0.6) is 0 Å². The summed E-state index contributed by atoms with van der Waals surface area (Å²) < 4.78 is 2.06. The van der Waals surface area contributed by atoms with Gasteiger partial charge in [0.25, 0.3) is 0 Å². The number of halogens is 1. The summed E-state index contributed by atoms with van der Waals surface area (Å²) in [6.07, 6.45) is 5.08. The standard InChI is InChI=1S/C9H15ClN2/c1-2-8-12-9(4-3-6-10)5-7-11-12/h5,7H,2-4,6,8H2,1H3. The third-order valence-corrected chi connectivity index (χ3v) is 2.07. The lowest BCUT2D eigenvalue weighted by Gasteiger charge is -2.03. The molecule has 1 aromatic heterocycles. The Balaban J connectivity index is 2.51. The molecule has 12 heavy (non-hydrogen) atoms. The van der Waals surface area contributed by atoms with Crippen molar-refractivity contribution in [3.05, 3.63) is 18.0 Å². The zero-order valence-corrected chi connectivity index (χ0v) is 8.22. The van der Waals surface area contributed by atoms with E-state index < -0.39 is 0 Å². The van der Waals surface area contributed by atoms with E-state index in [2.05, 4.69) is 22.8 Å². The Bertz CT molecular complexity index is 220. The summed E-state index contributed by atoms with van der Waals surface area (Å²) in [6, 6.07) is 2.07. The molecule has 0 atom stereocenters. The Labute approximate surface area is 78.5 Å². The molecule has 2 nitrogen and oxygen atoms in total. The first kappa shape index (κ1) is 9.59. The van der Waals surface area contributed by atoms with Crippen LogP contribution in [0.15, 0.2) is 12.3 Å². The predicted molar refractivity (Wildman–Crippen MR) is 51.6 cm³/mol. The lowest BCUT2D eigenvalue weighted by molar-refractivity contribution is 0.571. The highest BCUT2D eigenvalue weighted by Crippen LogP contribution is 2.04. The lowest BCUT2D eigenvalue weighted by Crippen LogP contribution is -2.04. The molecule has 0 unspecified atom stereocenters. The number of hydrogen-bond acceptors (Lipinski definition) is 1. The van der Waals surface area contributed by atoms with Crippen LogP contribution in [0.1, 0.15) is 25.5 Å². The van der Waals surface area contributed by atoms with Crippen molar-refractivity contribution in [3.63, 3.8) is 0 Å². The van der Waals surface area contributed by atoms with Crippen molar-refractivity contribution in [2.75, 3.05) is 5.88 Å². The molecule has 0 aliphatic heterocycles. The van der Waals surface area contributed by atoms with Crippen LogP contribution in [0.3, 0.4) is 0 Å². The number of rotatable bonds is 5. The van der Waals surface area contributed by atoms with Crippen LogP contribution in [-0.4, -0.2) is 15.7 Å². The number of alkyl halides is 1. The van der Waals surface area contributed by atoms with E-state index in [0.29, 0.717) is 0 Å². The number of nitrogens with zero attached hydrogens (tertiary/aromatic N) is 2. The summed E-state index contributed by atoms with van der Waals surface area (Å²) >= 11 is 5.62. The van der Waals surface area contributed by atoms with E-state index in [4.69, 9.17) is 11.6 Å². The smallest absolute Gasteiger partial charge is 0.0492 e. The van der Waals surface area contributed by atoms with Crippen LogP contribution in [0.25, 0.3) is 0 Å². The molecule has 0 radical (unpaired) electrons. The van der Waals surface area contributed by atoms with Gasteiger partial charge >= 0.3 is 0 Å². The second-order valence-electron chi connectivity index (χ2n) is 2.84. The van der Waals surface area contributed by atoms with E-state index in [1.165, 1.54) is 5.69 Å². The van der Waals surface area contributed by atoms with Crippen molar-refractivity contribution in [3.8, 4) is 0 Å². The molecule has 1 aromatic rings. The molecular weight excluding hydrogens is 172 g/mol. The minimum Gasteiger partial charge on any atom is -0.270 e. The predicted octanol–water partition coefficient (Wildman–Crippen LogP) is 2.46. The van der Waals surface area contributed by atoms with Gasteiger partial charge in [0.15, 0.2) is 0 Å². The zero-order valence-electron chi connectivity index (χ0n) is 7.46. The van der Waals surface area contributed by atoms with E-state index in [9.17, 15) is 0 Å². The largest absolute Gasteiger partial charge is 0.270 e. The van der Waals surface area contributed by atoms with E-state index in [0.717, 1.165) is 31.7 Å². The van der Waals surface area contributed by atoms with Gasteiger partial charge in [-0.25, -0.2) is 0 Å². The summed E-state index contributed by atoms with van der Waals surface area (Å²) in [5, 5.41) is 4.23. The molecular formula is C9H15ClN2. The summed E-state index contributed by atoms with van der Waals surface area (Å²) in [6.45, 7) is 3.18. The maximum atomic E-state index is 5.62. The average Bonchev–Trinajstić information content (AvgIpc) is 2.50. The molecule has 0 bridgehead atoms. The Hall–Kier alpha value is -0.500. The van der Waals surface area contributed by atoms with E-state index >= 15 is 0 Å². The van der Waals surface area contributed by atoms with Crippen LogP contribution in [0.4, 0.5) is 0 Å². The van der Waals surface area contributed by atoms with Crippen molar-refractivity contribution >= 4 is 11.6 Å². The fourth-order valence-corrected chi connectivity index (χ4v) is 1.37. The fraction of sp³-hybridized carbons (Fsp3) is 0.667. The fourth-order valence-electron chi connectivity index (χ4n) is 1.23. The summed E-state index contributed by atoms with van der Waals surface area (Å²) in [5.41, 5.74) is 1.30. The van der Waals surface area contributed by atoms with Crippen molar-refractivity contribution in [1.29, 1.82) is 0 Å². The quantitative estimate of drug-likeness (QED) is 0.646. The zero-order chi connectivity index (χ0) is 8.81. The molecule has 3 heteroatoms. The Morgan fingerprint density at radius 3 is 3.08 bits per heavy atom. The molecule has 68 valence electrons. The molecule has 0 aliphatic rings. The summed E-state index contributed by atoms with van der Waals surface area (Å²) in [7, 11) is 0. The molecule has 1 heterocycles. The highest BCUT2D eigenvalue weighted by atomic mass is 35.5. The Kier molecular flexibility index (Phi) is 4.15. The molecule has 0 N–H and O–H groups in total. The molecule has 1 rings (SSSR count). The molecule has 0 spiro atoms. The van der Waals surface area contributed by atoms with E-state index in [1.54, 1.807) is 0 Å². The van der Waals surface area contributed by atoms with Crippen LogP contribution in [0.2, 0.25) is 0 Å². The molecule has 0 saturated carbocycles. The normalized spacial score (nSPS) is 10.5. The Morgan fingerprint density at radius 1 is 1.58 bits per heavy atom. The van der Waals surface area contributed by atoms with Crippen LogP contribution in [0, 0.1) is 0 Å². The minimum atomic E-state index is 0.733. The topological polar surface area (TPSA) is 17.8 Å². The van der Waals surface area contributed by atoms with Gasteiger partial charge in [-0.3, -0.25) is 4.68 Å². The highest BCUT2D eigenvalue weighted by molar-refractivity contribution is 6.17. The van der Waals surface area contributed by atoms with Crippen LogP contribution in [-0.2, 0) is 13.0 Å². The second kappa shape index (κ2) is 5.20. The highest BCUT2D eigenvalue weighted by Gasteiger charge is 1.99. The van der Waals surface area contributed by atoms with Gasteiger partial charge in [-0.2, -0.15) is 5.10 Å². The first-order valence-electron chi connectivity index (χ1n) is 4.45. The van der Waals surface area contributed by atoms with Gasteiger partial charge in [0, 0.05) is 24.3 Å². The van der Waals surface area contributed by atoms with Crippen molar-refractivity contribution in [2.24, 2.45) is 0 Å². The molecule has 0 saturated heterocycles. The monoisotopic (exact) mass is 186 g/mol. The number of aryl methyl sites for hydroxylation is 2. The first-order chi connectivity index (χ1) is 5.88. The molecule has 0 aliphatic carbocycles. The summed E-state index contributed by atoms with van der Waals surface area (Å²) in [4.78, 5) is 0. The maximum absolute atomic E-state index is 5.62.